The smallest absolute Gasteiger partial charge is 0.243 e. The Morgan fingerprint density at radius 1 is 1.35 bits per heavy atom. The molecule has 2 amide bonds. The summed E-state index contributed by atoms with van der Waals surface area (Å²) in [6.45, 7) is 5.45. The first-order valence-electron chi connectivity index (χ1n) is 6.40. The zero-order valence-electron chi connectivity index (χ0n) is 11.9. The topological polar surface area (TPSA) is 84.2 Å². The third kappa shape index (κ3) is 4.83. The van der Waals surface area contributed by atoms with Gasteiger partial charge in [0.25, 0.3) is 0 Å². The van der Waals surface area contributed by atoms with Gasteiger partial charge in [-0.25, -0.2) is 0 Å². The SMILES string of the molecule is Cc1ccc(NC(=O)CNC(=O)[C@@H](N)C(C)C)cc1Cl. The fraction of sp³-hybridized carbons (Fsp3) is 0.429. The highest BCUT2D eigenvalue weighted by Gasteiger charge is 2.17. The lowest BCUT2D eigenvalue weighted by molar-refractivity contribution is -0.125. The number of anilines is 1. The van der Waals surface area contributed by atoms with Gasteiger partial charge in [0, 0.05) is 10.7 Å². The minimum absolute atomic E-state index is 0.0222. The number of aryl methyl sites for hydroxylation is 1. The van der Waals surface area contributed by atoms with Crippen LogP contribution in [0.3, 0.4) is 0 Å². The van der Waals surface area contributed by atoms with Crippen molar-refractivity contribution in [2.45, 2.75) is 26.8 Å². The van der Waals surface area contributed by atoms with Gasteiger partial charge in [-0.05, 0) is 30.5 Å². The van der Waals surface area contributed by atoms with Gasteiger partial charge in [-0.2, -0.15) is 0 Å². The van der Waals surface area contributed by atoms with Crippen LogP contribution < -0.4 is 16.4 Å². The minimum Gasteiger partial charge on any atom is -0.346 e. The molecule has 0 aliphatic carbocycles. The first-order valence-corrected chi connectivity index (χ1v) is 6.78. The van der Waals surface area contributed by atoms with Crippen LogP contribution in [0, 0.1) is 12.8 Å². The average Bonchev–Trinajstić information content (AvgIpc) is 2.39. The van der Waals surface area contributed by atoms with Gasteiger partial charge in [-0.1, -0.05) is 31.5 Å². The summed E-state index contributed by atoms with van der Waals surface area (Å²) in [5, 5.41) is 5.73. The number of carbonyl (C=O) groups is 2. The standard InChI is InChI=1S/C14H20ClN3O2/c1-8(2)13(16)14(20)17-7-12(19)18-10-5-4-9(3)11(15)6-10/h4-6,8,13H,7,16H2,1-3H3,(H,17,20)(H,18,19)/t13-/m0/s1. The lowest BCUT2D eigenvalue weighted by Crippen LogP contribution is -2.46. The molecule has 0 radical (unpaired) electrons. The minimum atomic E-state index is -0.614. The Kier molecular flexibility index (Phi) is 5.98. The Labute approximate surface area is 123 Å². The number of benzene rings is 1. The van der Waals surface area contributed by atoms with Crippen LogP contribution in [0.15, 0.2) is 18.2 Å². The molecule has 0 heterocycles. The molecule has 0 aromatic heterocycles. The van der Waals surface area contributed by atoms with Crippen molar-refractivity contribution in [3.63, 3.8) is 0 Å². The van der Waals surface area contributed by atoms with Crippen molar-refractivity contribution in [1.29, 1.82) is 0 Å². The number of carbonyl (C=O) groups excluding carboxylic acids is 2. The number of halogens is 1. The van der Waals surface area contributed by atoms with E-state index in [0.29, 0.717) is 10.7 Å². The number of rotatable bonds is 5. The molecule has 110 valence electrons. The van der Waals surface area contributed by atoms with Crippen molar-refractivity contribution in [3.05, 3.63) is 28.8 Å². The number of hydrogen-bond donors (Lipinski definition) is 3. The number of amides is 2. The van der Waals surface area contributed by atoms with E-state index in [1.54, 1.807) is 12.1 Å². The van der Waals surface area contributed by atoms with E-state index < -0.39 is 6.04 Å². The highest BCUT2D eigenvalue weighted by atomic mass is 35.5. The van der Waals surface area contributed by atoms with Crippen LogP contribution in [0.2, 0.25) is 5.02 Å². The largest absolute Gasteiger partial charge is 0.346 e. The van der Waals surface area contributed by atoms with Gasteiger partial charge in [0.1, 0.15) is 0 Å². The highest BCUT2D eigenvalue weighted by Crippen LogP contribution is 2.19. The Hall–Kier alpha value is -1.59. The molecule has 20 heavy (non-hydrogen) atoms. The molecule has 1 aromatic carbocycles. The summed E-state index contributed by atoms with van der Waals surface area (Å²) in [6.07, 6.45) is 0. The molecule has 1 atom stereocenters. The van der Waals surface area contributed by atoms with Gasteiger partial charge < -0.3 is 16.4 Å². The fourth-order valence-electron chi connectivity index (χ4n) is 1.46. The second-order valence-corrected chi connectivity index (χ2v) is 5.41. The zero-order chi connectivity index (χ0) is 15.3. The molecular weight excluding hydrogens is 278 g/mol. The Morgan fingerprint density at radius 2 is 2.00 bits per heavy atom. The maximum Gasteiger partial charge on any atom is 0.243 e. The van der Waals surface area contributed by atoms with E-state index in [2.05, 4.69) is 10.6 Å². The Bertz CT molecular complexity index is 503. The lowest BCUT2D eigenvalue weighted by Gasteiger charge is -2.15. The predicted molar refractivity (Wildman–Crippen MR) is 80.6 cm³/mol. The van der Waals surface area contributed by atoms with Gasteiger partial charge >= 0.3 is 0 Å². The molecule has 0 unspecified atom stereocenters. The quantitative estimate of drug-likeness (QED) is 0.773. The highest BCUT2D eigenvalue weighted by molar-refractivity contribution is 6.31. The zero-order valence-corrected chi connectivity index (χ0v) is 12.6. The molecule has 0 bridgehead atoms. The van der Waals surface area contributed by atoms with Crippen LogP contribution >= 0.6 is 11.6 Å². The van der Waals surface area contributed by atoms with E-state index in [1.807, 2.05) is 26.8 Å². The summed E-state index contributed by atoms with van der Waals surface area (Å²) in [7, 11) is 0. The molecule has 0 saturated carbocycles. The second-order valence-electron chi connectivity index (χ2n) is 5.00. The van der Waals surface area contributed by atoms with E-state index in [-0.39, 0.29) is 24.3 Å². The van der Waals surface area contributed by atoms with Gasteiger partial charge in [-0.15, -0.1) is 0 Å². The summed E-state index contributed by atoms with van der Waals surface area (Å²) >= 11 is 5.96. The van der Waals surface area contributed by atoms with Crippen molar-refractivity contribution in [2.24, 2.45) is 11.7 Å². The molecular formula is C14H20ClN3O2. The first kappa shape index (κ1) is 16.5. The van der Waals surface area contributed by atoms with E-state index >= 15 is 0 Å². The summed E-state index contributed by atoms with van der Waals surface area (Å²) in [5.74, 6) is -0.639. The van der Waals surface area contributed by atoms with Crippen molar-refractivity contribution in [1.82, 2.24) is 5.32 Å². The first-order chi connectivity index (χ1) is 9.31. The molecule has 1 rings (SSSR count). The molecule has 0 spiro atoms. The van der Waals surface area contributed by atoms with Crippen molar-refractivity contribution in [3.8, 4) is 0 Å². The summed E-state index contributed by atoms with van der Waals surface area (Å²) < 4.78 is 0. The average molecular weight is 298 g/mol. The maximum absolute atomic E-state index is 11.7. The van der Waals surface area contributed by atoms with E-state index in [1.165, 1.54) is 0 Å². The summed E-state index contributed by atoms with van der Waals surface area (Å²) in [6, 6.07) is 4.61. The third-order valence-corrected chi connectivity index (χ3v) is 3.31. The summed E-state index contributed by atoms with van der Waals surface area (Å²) in [4.78, 5) is 23.3. The fourth-order valence-corrected chi connectivity index (χ4v) is 1.64. The normalized spacial score (nSPS) is 12.1. The lowest BCUT2D eigenvalue weighted by atomic mass is 10.1. The van der Waals surface area contributed by atoms with Crippen molar-refractivity contribution < 1.29 is 9.59 Å². The van der Waals surface area contributed by atoms with Gasteiger partial charge in [0.2, 0.25) is 11.8 Å². The van der Waals surface area contributed by atoms with Crippen LogP contribution in [0.5, 0.6) is 0 Å². The molecule has 0 aliphatic rings. The number of nitrogens with two attached hydrogens (primary N) is 1. The molecule has 0 aliphatic heterocycles. The Morgan fingerprint density at radius 3 is 2.55 bits per heavy atom. The van der Waals surface area contributed by atoms with Gasteiger partial charge in [0.05, 0.1) is 12.6 Å². The van der Waals surface area contributed by atoms with E-state index in [0.717, 1.165) is 5.56 Å². The van der Waals surface area contributed by atoms with Crippen LogP contribution in [0.1, 0.15) is 19.4 Å². The molecule has 6 heteroatoms. The van der Waals surface area contributed by atoms with Gasteiger partial charge in [0.15, 0.2) is 0 Å². The molecule has 5 nitrogen and oxygen atoms in total. The monoisotopic (exact) mass is 297 g/mol. The third-order valence-electron chi connectivity index (χ3n) is 2.90. The Balaban J connectivity index is 2.48. The molecule has 4 N–H and O–H groups in total. The number of hydrogen-bond acceptors (Lipinski definition) is 3. The maximum atomic E-state index is 11.7. The van der Waals surface area contributed by atoms with E-state index in [9.17, 15) is 9.59 Å². The van der Waals surface area contributed by atoms with Crippen molar-refractivity contribution >= 4 is 29.1 Å². The molecule has 0 fully saturated rings. The number of nitrogens with one attached hydrogen (secondary N) is 2. The predicted octanol–water partition coefficient (Wildman–Crippen LogP) is 1.69. The van der Waals surface area contributed by atoms with Crippen LogP contribution in [0.25, 0.3) is 0 Å². The second kappa shape index (κ2) is 7.26. The molecule has 1 aromatic rings. The molecule has 0 saturated heterocycles. The van der Waals surface area contributed by atoms with E-state index in [4.69, 9.17) is 17.3 Å². The van der Waals surface area contributed by atoms with Crippen LogP contribution in [0.4, 0.5) is 5.69 Å². The van der Waals surface area contributed by atoms with Crippen LogP contribution in [-0.2, 0) is 9.59 Å². The summed E-state index contributed by atoms with van der Waals surface area (Å²) in [5.41, 5.74) is 7.20. The van der Waals surface area contributed by atoms with Crippen molar-refractivity contribution in [2.75, 3.05) is 11.9 Å². The van der Waals surface area contributed by atoms with Crippen LogP contribution in [-0.4, -0.2) is 24.4 Å². The van der Waals surface area contributed by atoms with Gasteiger partial charge in [-0.3, -0.25) is 9.59 Å².